The summed E-state index contributed by atoms with van der Waals surface area (Å²) in [7, 11) is 0. The molecule has 0 aliphatic carbocycles. The van der Waals surface area contributed by atoms with E-state index in [4.69, 9.17) is 9.47 Å². The first-order chi connectivity index (χ1) is 8.88. The molecule has 0 heterocycles. The van der Waals surface area contributed by atoms with Gasteiger partial charge in [-0.1, -0.05) is 37.6 Å². The van der Waals surface area contributed by atoms with Crippen LogP contribution >= 0.6 is 0 Å². The maximum absolute atomic E-state index is 5.73. The maximum atomic E-state index is 5.73. The Morgan fingerprint density at radius 1 is 0.833 bits per heavy atom. The van der Waals surface area contributed by atoms with Gasteiger partial charge in [0, 0.05) is 6.07 Å². The maximum Gasteiger partial charge on any atom is 0.131 e. The summed E-state index contributed by atoms with van der Waals surface area (Å²) in [6.07, 6.45) is 1.85. The van der Waals surface area contributed by atoms with E-state index >= 15 is 0 Å². The van der Waals surface area contributed by atoms with Crippen LogP contribution in [0.15, 0.2) is 54.6 Å². The highest BCUT2D eigenvalue weighted by atomic mass is 16.5. The van der Waals surface area contributed by atoms with Gasteiger partial charge in [0.15, 0.2) is 0 Å². The molecule has 0 unspecified atom stereocenters. The number of para-hydroxylation sites is 1. The molecule has 0 bridgehead atoms. The molecule has 2 aromatic carbocycles. The SMILES string of the molecule is [CH2]CCCOc1cccc(Oc2ccccc2)c1. The number of ether oxygens (including phenoxy) is 2. The van der Waals surface area contributed by atoms with Gasteiger partial charge in [0.2, 0.25) is 0 Å². The summed E-state index contributed by atoms with van der Waals surface area (Å²) in [4.78, 5) is 0. The predicted octanol–water partition coefficient (Wildman–Crippen LogP) is 4.47. The molecule has 1 radical (unpaired) electrons. The molecular formula is C16H17O2. The summed E-state index contributed by atoms with van der Waals surface area (Å²) in [6.45, 7) is 4.48. The van der Waals surface area contributed by atoms with Gasteiger partial charge in [-0.3, -0.25) is 0 Å². The average Bonchev–Trinajstić information content (AvgIpc) is 2.41. The Hall–Kier alpha value is -1.96. The van der Waals surface area contributed by atoms with Crippen molar-refractivity contribution in [1.29, 1.82) is 0 Å². The van der Waals surface area contributed by atoms with Crippen LogP contribution in [0.25, 0.3) is 0 Å². The Balaban J connectivity index is 1.99. The van der Waals surface area contributed by atoms with E-state index in [0.29, 0.717) is 6.61 Å². The molecule has 0 N–H and O–H groups in total. The third-order valence-electron chi connectivity index (χ3n) is 2.45. The molecule has 0 aliphatic heterocycles. The highest BCUT2D eigenvalue weighted by molar-refractivity contribution is 5.36. The first kappa shape index (κ1) is 12.5. The number of rotatable bonds is 6. The molecule has 2 rings (SSSR count). The summed E-state index contributed by atoms with van der Waals surface area (Å²) in [5.74, 6) is 2.44. The van der Waals surface area contributed by atoms with E-state index in [0.717, 1.165) is 30.1 Å². The zero-order valence-corrected chi connectivity index (χ0v) is 10.3. The van der Waals surface area contributed by atoms with E-state index in [9.17, 15) is 0 Å². The van der Waals surface area contributed by atoms with Crippen molar-refractivity contribution in [1.82, 2.24) is 0 Å². The minimum atomic E-state index is 0.693. The van der Waals surface area contributed by atoms with Gasteiger partial charge in [-0.2, -0.15) is 0 Å². The van der Waals surface area contributed by atoms with Crippen LogP contribution in [-0.4, -0.2) is 6.61 Å². The molecule has 2 nitrogen and oxygen atoms in total. The monoisotopic (exact) mass is 241 g/mol. The highest BCUT2D eigenvalue weighted by Gasteiger charge is 1.99. The molecule has 0 fully saturated rings. The topological polar surface area (TPSA) is 18.5 Å². The Kier molecular flexibility index (Phi) is 4.65. The van der Waals surface area contributed by atoms with Crippen molar-refractivity contribution in [3.63, 3.8) is 0 Å². The third kappa shape index (κ3) is 3.81. The van der Waals surface area contributed by atoms with Gasteiger partial charge < -0.3 is 9.47 Å². The predicted molar refractivity (Wildman–Crippen MR) is 73.0 cm³/mol. The molecule has 0 amide bonds. The van der Waals surface area contributed by atoms with Gasteiger partial charge in [0.05, 0.1) is 6.61 Å². The average molecular weight is 241 g/mol. The molecule has 18 heavy (non-hydrogen) atoms. The quantitative estimate of drug-likeness (QED) is 0.694. The van der Waals surface area contributed by atoms with E-state index in [1.807, 2.05) is 54.6 Å². The third-order valence-corrected chi connectivity index (χ3v) is 2.45. The normalized spacial score (nSPS) is 10.1. The minimum Gasteiger partial charge on any atom is -0.493 e. The molecule has 0 aliphatic rings. The Morgan fingerprint density at radius 3 is 2.33 bits per heavy atom. The zero-order chi connectivity index (χ0) is 12.6. The molecule has 0 spiro atoms. The lowest BCUT2D eigenvalue weighted by atomic mass is 10.3. The molecule has 0 aromatic heterocycles. The molecule has 2 aromatic rings. The van der Waals surface area contributed by atoms with E-state index in [-0.39, 0.29) is 0 Å². The zero-order valence-electron chi connectivity index (χ0n) is 10.3. The van der Waals surface area contributed by atoms with Crippen LogP contribution in [0.5, 0.6) is 17.2 Å². The second-order valence-corrected chi connectivity index (χ2v) is 3.95. The second-order valence-electron chi connectivity index (χ2n) is 3.95. The van der Waals surface area contributed by atoms with Crippen LogP contribution in [0.2, 0.25) is 0 Å². The summed E-state index contributed by atoms with van der Waals surface area (Å²) in [5, 5.41) is 0. The van der Waals surface area contributed by atoms with Gasteiger partial charge >= 0.3 is 0 Å². The van der Waals surface area contributed by atoms with E-state index in [1.165, 1.54) is 0 Å². The fourth-order valence-corrected chi connectivity index (χ4v) is 1.54. The largest absolute Gasteiger partial charge is 0.493 e. The van der Waals surface area contributed by atoms with Gasteiger partial charge in [0.1, 0.15) is 17.2 Å². The summed E-state index contributed by atoms with van der Waals surface area (Å²) in [6, 6.07) is 17.4. The number of hydrogen-bond acceptors (Lipinski definition) is 2. The van der Waals surface area contributed by atoms with E-state index < -0.39 is 0 Å². The van der Waals surface area contributed by atoms with E-state index in [2.05, 4.69) is 6.92 Å². The van der Waals surface area contributed by atoms with Crippen molar-refractivity contribution in [3.8, 4) is 17.2 Å². The van der Waals surface area contributed by atoms with Crippen LogP contribution in [0.4, 0.5) is 0 Å². The highest BCUT2D eigenvalue weighted by Crippen LogP contribution is 2.24. The number of benzene rings is 2. The van der Waals surface area contributed by atoms with Crippen LogP contribution in [0, 0.1) is 6.92 Å². The molecular weight excluding hydrogens is 224 g/mol. The summed E-state index contributed by atoms with van der Waals surface area (Å²) < 4.78 is 11.3. The van der Waals surface area contributed by atoms with Crippen LogP contribution in [0.1, 0.15) is 12.8 Å². The van der Waals surface area contributed by atoms with Gasteiger partial charge in [-0.15, -0.1) is 0 Å². The van der Waals surface area contributed by atoms with Crippen molar-refractivity contribution in [2.45, 2.75) is 12.8 Å². The first-order valence-electron chi connectivity index (χ1n) is 6.13. The molecule has 0 atom stereocenters. The lowest BCUT2D eigenvalue weighted by Gasteiger charge is -2.08. The Morgan fingerprint density at radius 2 is 1.56 bits per heavy atom. The molecule has 0 saturated carbocycles. The van der Waals surface area contributed by atoms with Crippen LogP contribution < -0.4 is 9.47 Å². The van der Waals surface area contributed by atoms with Crippen molar-refractivity contribution in [2.75, 3.05) is 6.61 Å². The standard InChI is InChI=1S/C16H17O2/c1-2-3-12-17-15-10-7-11-16(13-15)18-14-8-5-4-6-9-14/h4-11,13H,1-3,12H2. The van der Waals surface area contributed by atoms with Crippen molar-refractivity contribution in [2.24, 2.45) is 0 Å². The Bertz CT molecular complexity index is 466. The van der Waals surface area contributed by atoms with Gasteiger partial charge in [-0.25, -0.2) is 0 Å². The smallest absolute Gasteiger partial charge is 0.131 e. The Labute approximate surface area is 108 Å². The lowest BCUT2D eigenvalue weighted by Crippen LogP contribution is -1.96. The lowest BCUT2D eigenvalue weighted by molar-refractivity contribution is 0.310. The minimum absolute atomic E-state index is 0.693. The van der Waals surface area contributed by atoms with Crippen LogP contribution in [-0.2, 0) is 0 Å². The van der Waals surface area contributed by atoms with Gasteiger partial charge in [0.25, 0.3) is 0 Å². The number of hydrogen-bond donors (Lipinski definition) is 0. The second kappa shape index (κ2) is 6.70. The fraction of sp³-hybridized carbons (Fsp3) is 0.188. The first-order valence-corrected chi connectivity index (χ1v) is 6.13. The summed E-state index contributed by atoms with van der Waals surface area (Å²) >= 11 is 0. The molecule has 93 valence electrons. The summed E-state index contributed by atoms with van der Waals surface area (Å²) in [5.41, 5.74) is 0. The molecule has 0 saturated heterocycles. The van der Waals surface area contributed by atoms with Crippen molar-refractivity contribution >= 4 is 0 Å². The van der Waals surface area contributed by atoms with Crippen molar-refractivity contribution in [3.05, 3.63) is 61.5 Å². The number of unbranched alkanes of at least 4 members (excludes halogenated alkanes) is 1. The molecule has 2 heteroatoms. The van der Waals surface area contributed by atoms with E-state index in [1.54, 1.807) is 0 Å². The van der Waals surface area contributed by atoms with Gasteiger partial charge in [-0.05, 0) is 30.7 Å². The fourth-order valence-electron chi connectivity index (χ4n) is 1.54. The van der Waals surface area contributed by atoms with Crippen LogP contribution in [0.3, 0.4) is 0 Å². The van der Waals surface area contributed by atoms with Crippen molar-refractivity contribution < 1.29 is 9.47 Å².